The summed E-state index contributed by atoms with van der Waals surface area (Å²) in [5.41, 5.74) is 1.17. The lowest BCUT2D eigenvalue weighted by molar-refractivity contribution is 0.475. The fourth-order valence-electron chi connectivity index (χ4n) is 1.71. The Kier molecular flexibility index (Phi) is 2.42. The molecule has 0 aliphatic carbocycles. The number of halogens is 1. The number of aromatic hydroxyl groups is 1. The highest BCUT2D eigenvalue weighted by Crippen LogP contribution is 2.29. The summed E-state index contributed by atoms with van der Waals surface area (Å²) in [4.78, 5) is 0. The van der Waals surface area contributed by atoms with Gasteiger partial charge in [-0.2, -0.15) is 0 Å². The molecule has 0 aromatic heterocycles. The van der Waals surface area contributed by atoms with E-state index in [9.17, 15) is 5.11 Å². The molecule has 1 aromatic rings. The summed E-state index contributed by atoms with van der Waals surface area (Å²) in [7, 11) is 0. The largest absolute Gasteiger partial charge is 0.506 e. The topological polar surface area (TPSA) is 32.3 Å². The molecular formula is C10H12ClNO. The molecule has 2 rings (SSSR count). The molecule has 1 aromatic carbocycles. The molecule has 1 fully saturated rings. The Morgan fingerprint density at radius 3 is 2.92 bits per heavy atom. The third kappa shape index (κ3) is 1.79. The minimum atomic E-state index is 0.156. The Morgan fingerprint density at radius 1 is 1.46 bits per heavy atom. The summed E-state index contributed by atoms with van der Waals surface area (Å²) in [6.07, 6.45) is 2.37. The predicted molar refractivity (Wildman–Crippen MR) is 53.1 cm³/mol. The first-order valence-corrected chi connectivity index (χ1v) is 4.87. The highest BCUT2D eigenvalue weighted by molar-refractivity contribution is 6.32. The second-order valence-electron chi connectivity index (χ2n) is 3.36. The molecule has 0 amide bonds. The van der Waals surface area contributed by atoms with Gasteiger partial charge in [0, 0.05) is 6.04 Å². The van der Waals surface area contributed by atoms with Crippen LogP contribution in [0.1, 0.15) is 24.4 Å². The average Bonchev–Trinajstić information content (AvgIpc) is 2.62. The highest BCUT2D eigenvalue weighted by atomic mass is 35.5. The number of benzene rings is 1. The molecule has 13 heavy (non-hydrogen) atoms. The van der Waals surface area contributed by atoms with Crippen LogP contribution in [-0.4, -0.2) is 11.7 Å². The highest BCUT2D eigenvalue weighted by Gasteiger charge is 2.16. The van der Waals surface area contributed by atoms with Crippen molar-refractivity contribution in [1.29, 1.82) is 0 Å². The Bertz CT molecular complexity index is 308. The van der Waals surface area contributed by atoms with Gasteiger partial charge in [0.25, 0.3) is 0 Å². The van der Waals surface area contributed by atoms with E-state index in [1.54, 1.807) is 6.07 Å². The van der Waals surface area contributed by atoms with E-state index in [1.165, 1.54) is 12.0 Å². The lowest BCUT2D eigenvalue weighted by Gasteiger charge is -2.10. The minimum absolute atomic E-state index is 0.156. The monoisotopic (exact) mass is 197 g/mol. The normalized spacial score (nSPS) is 22.1. The van der Waals surface area contributed by atoms with Crippen LogP contribution in [-0.2, 0) is 0 Å². The predicted octanol–water partition coefficient (Wildman–Crippen LogP) is 2.47. The van der Waals surface area contributed by atoms with Gasteiger partial charge in [0.05, 0.1) is 5.02 Å². The number of hydrogen-bond donors (Lipinski definition) is 2. The van der Waals surface area contributed by atoms with Crippen LogP contribution >= 0.6 is 11.6 Å². The molecule has 1 aliphatic heterocycles. The van der Waals surface area contributed by atoms with Gasteiger partial charge in [-0.15, -0.1) is 0 Å². The van der Waals surface area contributed by atoms with Gasteiger partial charge in [0.2, 0.25) is 0 Å². The molecule has 1 unspecified atom stereocenters. The summed E-state index contributed by atoms with van der Waals surface area (Å²) in [5.74, 6) is 0.156. The third-order valence-corrected chi connectivity index (χ3v) is 2.74. The van der Waals surface area contributed by atoms with E-state index in [4.69, 9.17) is 11.6 Å². The second-order valence-corrected chi connectivity index (χ2v) is 3.77. The first kappa shape index (κ1) is 8.85. The lowest BCUT2D eigenvalue weighted by Crippen LogP contribution is -2.12. The quantitative estimate of drug-likeness (QED) is 0.725. The summed E-state index contributed by atoms with van der Waals surface area (Å²) in [6, 6.07) is 5.82. The molecule has 1 heterocycles. The molecule has 2 nitrogen and oxygen atoms in total. The number of rotatable bonds is 1. The number of phenols is 1. The molecule has 1 saturated heterocycles. The van der Waals surface area contributed by atoms with E-state index in [1.807, 2.05) is 12.1 Å². The molecule has 0 radical (unpaired) electrons. The smallest absolute Gasteiger partial charge is 0.134 e. The molecule has 1 atom stereocenters. The van der Waals surface area contributed by atoms with Crippen LogP contribution in [0.4, 0.5) is 0 Å². The Balaban J connectivity index is 2.25. The van der Waals surface area contributed by atoms with Crippen LogP contribution in [0.25, 0.3) is 0 Å². The van der Waals surface area contributed by atoms with Crippen molar-refractivity contribution in [3.05, 3.63) is 28.8 Å². The zero-order valence-corrected chi connectivity index (χ0v) is 8.01. The summed E-state index contributed by atoms with van der Waals surface area (Å²) >= 11 is 5.81. The van der Waals surface area contributed by atoms with E-state index in [0.29, 0.717) is 11.1 Å². The van der Waals surface area contributed by atoms with Gasteiger partial charge in [0.1, 0.15) is 5.75 Å². The maximum Gasteiger partial charge on any atom is 0.134 e. The Hall–Kier alpha value is -0.730. The van der Waals surface area contributed by atoms with E-state index in [-0.39, 0.29) is 5.75 Å². The number of hydrogen-bond acceptors (Lipinski definition) is 2. The fraction of sp³-hybridized carbons (Fsp3) is 0.400. The Morgan fingerprint density at radius 2 is 2.31 bits per heavy atom. The van der Waals surface area contributed by atoms with Crippen molar-refractivity contribution in [2.24, 2.45) is 0 Å². The molecule has 0 bridgehead atoms. The third-order valence-electron chi connectivity index (χ3n) is 2.43. The molecular weight excluding hydrogens is 186 g/mol. The standard InChI is InChI=1S/C10H12ClNO/c11-8-6-7(3-4-10(8)13)9-2-1-5-12-9/h3-4,6,9,12-13H,1-2,5H2. The van der Waals surface area contributed by atoms with Gasteiger partial charge < -0.3 is 10.4 Å². The lowest BCUT2D eigenvalue weighted by atomic mass is 10.1. The molecule has 1 aliphatic rings. The van der Waals surface area contributed by atoms with Crippen LogP contribution in [0.2, 0.25) is 5.02 Å². The first-order chi connectivity index (χ1) is 6.27. The number of nitrogens with one attached hydrogen (secondary N) is 1. The average molecular weight is 198 g/mol. The van der Waals surface area contributed by atoms with Gasteiger partial charge in [0.15, 0.2) is 0 Å². The molecule has 3 heteroatoms. The molecule has 0 saturated carbocycles. The first-order valence-electron chi connectivity index (χ1n) is 4.49. The summed E-state index contributed by atoms with van der Waals surface area (Å²) < 4.78 is 0. The number of phenolic OH excluding ortho intramolecular Hbond substituents is 1. The molecule has 0 spiro atoms. The fourth-order valence-corrected chi connectivity index (χ4v) is 1.90. The van der Waals surface area contributed by atoms with Gasteiger partial charge in [-0.05, 0) is 37.1 Å². The SMILES string of the molecule is Oc1ccc(C2CCCN2)cc1Cl. The van der Waals surface area contributed by atoms with Crippen LogP contribution in [0.5, 0.6) is 5.75 Å². The van der Waals surface area contributed by atoms with Crippen molar-refractivity contribution >= 4 is 11.6 Å². The zero-order chi connectivity index (χ0) is 9.26. The minimum Gasteiger partial charge on any atom is -0.506 e. The summed E-state index contributed by atoms with van der Waals surface area (Å²) in [6.45, 7) is 1.07. The van der Waals surface area contributed by atoms with Crippen LogP contribution < -0.4 is 5.32 Å². The van der Waals surface area contributed by atoms with E-state index in [2.05, 4.69) is 5.32 Å². The van der Waals surface area contributed by atoms with Crippen LogP contribution in [0.3, 0.4) is 0 Å². The van der Waals surface area contributed by atoms with Gasteiger partial charge in [-0.25, -0.2) is 0 Å². The van der Waals surface area contributed by atoms with Crippen molar-refractivity contribution in [1.82, 2.24) is 5.32 Å². The second kappa shape index (κ2) is 3.56. The van der Waals surface area contributed by atoms with Gasteiger partial charge in [-0.3, -0.25) is 0 Å². The van der Waals surface area contributed by atoms with E-state index < -0.39 is 0 Å². The van der Waals surface area contributed by atoms with Crippen LogP contribution in [0.15, 0.2) is 18.2 Å². The maximum absolute atomic E-state index is 9.23. The zero-order valence-electron chi connectivity index (χ0n) is 7.26. The van der Waals surface area contributed by atoms with Gasteiger partial charge in [-0.1, -0.05) is 17.7 Å². The van der Waals surface area contributed by atoms with E-state index in [0.717, 1.165) is 13.0 Å². The van der Waals surface area contributed by atoms with Crippen molar-refractivity contribution in [2.45, 2.75) is 18.9 Å². The summed E-state index contributed by atoms with van der Waals surface area (Å²) in [5, 5.41) is 13.0. The van der Waals surface area contributed by atoms with Gasteiger partial charge >= 0.3 is 0 Å². The van der Waals surface area contributed by atoms with Crippen molar-refractivity contribution in [3.63, 3.8) is 0 Å². The van der Waals surface area contributed by atoms with Crippen molar-refractivity contribution in [2.75, 3.05) is 6.54 Å². The Labute approximate surface area is 82.5 Å². The van der Waals surface area contributed by atoms with Crippen molar-refractivity contribution in [3.8, 4) is 5.75 Å². The van der Waals surface area contributed by atoms with E-state index >= 15 is 0 Å². The molecule has 2 N–H and O–H groups in total. The van der Waals surface area contributed by atoms with Crippen LogP contribution in [0, 0.1) is 0 Å². The maximum atomic E-state index is 9.23. The molecule has 70 valence electrons. The van der Waals surface area contributed by atoms with Crippen molar-refractivity contribution < 1.29 is 5.11 Å².